The first-order chi connectivity index (χ1) is 5.59. The summed E-state index contributed by atoms with van der Waals surface area (Å²) in [5.41, 5.74) is 0. The van der Waals surface area contributed by atoms with E-state index in [0.717, 1.165) is 6.08 Å². The van der Waals surface area contributed by atoms with Crippen molar-refractivity contribution in [2.75, 3.05) is 0 Å². The van der Waals surface area contributed by atoms with Gasteiger partial charge < -0.3 is 4.79 Å². The van der Waals surface area contributed by atoms with Crippen molar-refractivity contribution in [3.05, 3.63) is 12.2 Å². The van der Waals surface area contributed by atoms with Crippen LogP contribution in [0.1, 0.15) is 20.3 Å². The van der Waals surface area contributed by atoms with Gasteiger partial charge in [0.05, 0.1) is 0 Å². The maximum Gasteiger partial charge on any atom is 0.221 e. The average Bonchev–Trinajstić information content (AvgIpc) is 2.03. The number of carbonyl (C=O) groups excluding carboxylic acids is 3. The molecule has 3 heteroatoms. The molecule has 66 valence electrons. The molecule has 0 bridgehead atoms. The van der Waals surface area contributed by atoms with Gasteiger partial charge in [-0.2, -0.15) is 0 Å². The van der Waals surface area contributed by atoms with E-state index in [9.17, 15) is 14.4 Å². The number of allylic oxidation sites excluding steroid dienone is 2. The Kier molecular flexibility index (Phi) is 4.84. The molecule has 0 aromatic carbocycles. The zero-order valence-corrected chi connectivity index (χ0v) is 7.24. The van der Waals surface area contributed by atoms with E-state index in [4.69, 9.17) is 0 Å². The Bertz CT molecular complexity index is 214. The summed E-state index contributed by atoms with van der Waals surface area (Å²) in [6.07, 6.45) is 3.38. The first kappa shape index (κ1) is 10.8. The molecule has 0 fully saturated rings. The van der Waals surface area contributed by atoms with Gasteiger partial charge in [0.1, 0.15) is 6.29 Å². The molecule has 0 aromatic rings. The number of rotatable bonds is 5. The van der Waals surface area contributed by atoms with Crippen LogP contribution in [0, 0.1) is 5.92 Å². The maximum absolute atomic E-state index is 10.9. The van der Waals surface area contributed by atoms with E-state index in [-0.39, 0.29) is 12.3 Å². The van der Waals surface area contributed by atoms with Gasteiger partial charge in [-0.15, -0.1) is 0 Å². The Hall–Kier alpha value is -1.25. The molecular weight excluding hydrogens is 156 g/mol. The molecule has 0 heterocycles. The van der Waals surface area contributed by atoms with E-state index >= 15 is 0 Å². The molecule has 12 heavy (non-hydrogen) atoms. The van der Waals surface area contributed by atoms with Crippen LogP contribution in [0.15, 0.2) is 12.2 Å². The van der Waals surface area contributed by atoms with Crippen molar-refractivity contribution >= 4 is 17.9 Å². The van der Waals surface area contributed by atoms with Crippen LogP contribution >= 0.6 is 0 Å². The standard InChI is InChI=1S/C9H12O3/c1-7(2)9(12)8(11)5-3-4-6-10/h3,5-7H,4H2,1-2H3/b5-3-. The van der Waals surface area contributed by atoms with Crippen LogP contribution in [0.25, 0.3) is 0 Å². The molecular formula is C9H12O3. The highest BCUT2D eigenvalue weighted by molar-refractivity contribution is 6.42. The predicted octanol–water partition coefficient (Wildman–Crippen LogP) is 0.926. The van der Waals surface area contributed by atoms with E-state index < -0.39 is 11.6 Å². The molecule has 0 aliphatic rings. The minimum absolute atomic E-state index is 0.178. The Morgan fingerprint density at radius 1 is 1.33 bits per heavy atom. The average molecular weight is 168 g/mol. The van der Waals surface area contributed by atoms with Gasteiger partial charge in [-0.3, -0.25) is 9.59 Å². The van der Waals surface area contributed by atoms with E-state index in [1.165, 1.54) is 6.08 Å². The van der Waals surface area contributed by atoms with E-state index in [2.05, 4.69) is 0 Å². The van der Waals surface area contributed by atoms with Crippen molar-refractivity contribution in [2.45, 2.75) is 20.3 Å². The third-order valence-corrected chi connectivity index (χ3v) is 1.27. The molecule has 0 aliphatic heterocycles. The van der Waals surface area contributed by atoms with Crippen LogP contribution in [0.3, 0.4) is 0 Å². The van der Waals surface area contributed by atoms with Crippen molar-refractivity contribution < 1.29 is 14.4 Å². The number of Topliss-reactive ketones (excluding diaryl/α,β-unsaturated/α-hetero) is 1. The van der Waals surface area contributed by atoms with Crippen molar-refractivity contribution in [1.29, 1.82) is 0 Å². The number of carbonyl (C=O) groups is 3. The molecule has 0 rings (SSSR count). The zero-order chi connectivity index (χ0) is 9.56. The molecule has 0 amide bonds. The third-order valence-electron chi connectivity index (χ3n) is 1.27. The lowest BCUT2D eigenvalue weighted by Gasteiger charge is -1.96. The van der Waals surface area contributed by atoms with Crippen molar-refractivity contribution in [1.82, 2.24) is 0 Å². The van der Waals surface area contributed by atoms with Gasteiger partial charge in [0.25, 0.3) is 0 Å². The van der Waals surface area contributed by atoms with Crippen molar-refractivity contribution in [3.63, 3.8) is 0 Å². The molecule has 0 unspecified atom stereocenters. The highest BCUT2D eigenvalue weighted by Gasteiger charge is 2.13. The predicted molar refractivity (Wildman–Crippen MR) is 44.7 cm³/mol. The first-order valence-corrected chi connectivity index (χ1v) is 3.78. The lowest BCUT2D eigenvalue weighted by molar-refractivity contribution is -0.135. The quantitative estimate of drug-likeness (QED) is 0.348. The Morgan fingerprint density at radius 2 is 1.92 bits per heavy atom. The summed E-state index contributed by atoms with van der Waals surface area (Å²) in [5, 5.41) is 0. The van der Waals surface area contributed by atoms with Gasteiger partial charge >= 0.3 is 0 Å². The number of hydrogen-bond acceptors (Lipinski definition) is 3. The monoisotopic (exact) mass is 168 g/mol. The van der Waals surface area contributed by atoms with Crippen LogP contribution in [-0.4, -0.2) is 17.9 Å². The molecule has 0 N–H and O–H groups in total. The molecule has 0 saturated heterocycles. The smallest absolute Gasteiger partial charge is 0.221 e. The lowest BCUT2D eigenvalue weighted by atomic mass is 10.1. The zero-order valence-electron chi connectivity index (χ0n) is 7.24. The molecule has 0 spiro atoms. The number of ketones is 2. The van der Waals surface area contributed by atoms with Crippen LogP contribution in [0.5, 0.6) is 0 Å². The molecule has 0 radical (unpaired) electrons. The maximum atomic E-state index is 10.9. The normalized spacial score (nSPS) is 10.6. The topological polar surface area (TPSA) is 51.2 Å². The molecule has 3 nitrogen and oxygen atoms in total. The minimum Gasteiger partial charge on any atom is -0.303 e. The van der Waals surface area contributed by atoms with Gasteiger partial charge in [-0.25, -0.2) is 0 Å². The van der Waals surface area contributed by atoms with E-state index in [1.54, 1.807) is 13.8 Å². The van der Waals surface area contributed by atoms with Crippen molar-refractivity contribution in [2.24, 2.45) is 5.92 Å². The first-order valence-electron chi connectivity index (χ1n) is 3.78. The van der Waals surface area contributed by atoms with E-state index in [1.807, 2.05) is 0 Å². The highest BCUT2D eigenvalue weighted by atomic mass is 16.2. The lowest BCUT2D eigenvalue weighted by Crippen LogP contribution is -2.17. The summed E-state index contributed by atoms with van der Waals surface area (Å²) < 4.78 is 0. The van der Waals surface area contributed by atoms with Crippen LogP contribution in [-0.2, 0) is 14.4 Å². The van der Waals surface area contributed by atoms with Gasteiger partial charge in [-0.1, -0.05) is 19.9 Å². The Morgan fingerprint density at radius 3 is 2.33 bits per heavy atom. The van der Waals surface area contributed by atoms with E-state index in [0.29, 0.717) is 6.29 Å². The fourth-order valence-electron chi connectivity index (χ4n) is 0.597. The Labute approximate surface area is 71.5 Å². The van der Waals surface area contributed by atoms with Gasteiger partial charge in [0, 0.05) is 12.3 Å². The summed E-state index contributed by atoms with van der Waals surface area (Å²) in [6, 6.07) is 0. The molecule has 0 atom stereocenters. The largest absolute Gasteiger partial charge is 0.303 e. The summed E-state index contributed by atoms with van der Waals surface area (Å²) >= 11 is 0. The number of hydrogen-bond donors (Lipinski definition) is 0. The second kappa shape index (κ2) is 5.41. The van der Waals surface area contributed by atoms with Gasteiger partial charge in [0.15, 0.2) is 0 Å². The fraction of sp³-hybridized carbons (Fsp3) is 0.444. The molecule has 0 aliphatic carbocycles. The molecule has 0 saturated carbocycles. The van der Waals surface area contributed by atoms with Crippen LogP contribution in [0.4, 0.5) is 0 Å². The van der Waals surface area contributed by atoms with Gasteiger partial charge in [-0.05, 0) is 6.08 Å². The van der Waals surface area contributed by atoms with Crippen LogP contribution < -0.4 is 0 Å². The minimum atomic E-state index is -0.535. The molecule has 0 aromatic heterocycles. The second-order valence-corrected chi connectivity index (χ2v) is 2.69. The summed E-state index contributed by atoms with van der Waals surface area (Å²) in [6.45, 7) is 3.32. The summed E-state index contributed by atoms with van der Waals surface area (Å²) in [7, 11) is 0. The fourth-order valence-corrected chi connectivity index (χ4v) is 0.597. The Balaban J connectivity index is 4.04. The summed E-state index contributed by atoms with van der Waals surface area (Å²) in [5.74, 6) is -1.23. The summed E-state index contributed by atoms with van der Waals surface area (Å²) in [4.78, 5) is 31.7. The number of aldehydes is 1. The SMILES string of the molecule is CC(C)C(=O)C(=O)/C=C\CC=O. The van der Waals surface area contributed by atoms with Crippen LogP contribution in [0.2, 0.25) is 0 Å². The highest BCUT2D eigenvalue weighted by Crippen LogP contribution is 1.96. The second-order valence-electron chi connectivity index (χ2n) is 2.69. The van der Waals surface area contributed by atoms with Gasteiger partial charge in [0.2, 0.25) is 11.6 Å². The third kappa shape index (κ3) is 3.81. The van der Waals surface area contributed by atoms with Crippen molar-refractivity contribution in [3.8, 4) is 0 Å².